The van der Waals surface area contributed by atoms with E-state index in [9.17, 15) is 22.8 Å². The number of hydrogen-bond donors (Lipinski definition) is 1. The maximum absolute atomic E-state index is 13.4. The van der Waals surface area contributed by atoms with Gasteiger partial charge in [0.25, 0.3) is 10.0 Å². The zero-order chi connectivity index (χ0) is 29.9. The summed E-state index contributed by atoms with van der Waals surface area (Å²) in [4.78, 5) is 46.5. The standard InChI is InChI=1S/C28H38ClN5O6S2/c1-40-15-8-25(35)32-13-11-31(12-14-32)18-22-4-2-10-34(22)26(36)19-33-9-3-5-23(28(33)37)30-42(38,39)27-17-20-16-21(29)6-7-24(20)41-27/h6-7,16-17,22-23,30H,2-5,8-15,18-19H2,1H3. The number of ether oxygens (including phenoxy) is 1. The zero-order valence-corrected chi connectivity index (χ0v) is 26.2. The van der Waals surface area contributed by atoms with Gasteiger partial charge in [-0.05, 0) is 55.3 Å². The van der Waals surface area contributed by atoms with Crippen LogP contribution in [0.4, 0.5) is 0 Å². The smallest absolute Gasteiger partial charge is 0.250 e. The van der Waals surface area contributed by atoms with Crippen molar-refractivity contribution in [3.63, 3.8) is 0 Å². The van der Waals surface area contributed by atoms with Crippen LogP contribution >= 0.6 is 22.9 Å². The normalized spacial score (nSPS) is 22.3. The summed E-state index contributed by atoms with van der Waals surface area (Å²) in [6.07, 6.45) is 3.17. The number of likely N-dealkylation sites (tertiary alicyclic amines) is 2. The Bertz CT molecular complexity index is 1410. The molecule has 2 unspecified atom stereocenters. The van der Waals surface area contributed by atoms with E-state index < -0.39 is 16.1 Å². The number of nitrogens with zero attached hydrogens (tertiary/aromatic N) is 4. The van der Waals surface area contributed by atoms with Crippen molar-refractivity contribution in [3.05, 3.63) is 29.3 Å². The lowest BCUT2D eigenvalue weighted by Gasteiger charge is -2.38. The van der Waals surface area contributed by atoms with Gasteiger partial charge in [0, 0.05) is 68.7 Å². The Hall–Kier alpha value is -2.29. The van der Waals surface area contributed by atoms with Gasteiger partial charge in [0.2, 0.25) is 17.7 Å². The second-order valence-corrected chi connectivity index (χ2v) is 14.6. The van der Waals surface area contributed by atoms with Crippen LogP contribution in [0.5, 0.6) is 0 Å². The van der Waals surface area contributed by atoms with E-state index in [1.54, 1.807) is 31.4 Å². The molecule has 2 atom stereocenters. The second-order valence-electron chi connectivity index (χ2n) is 11.1. The first-order chi connectivity index (χ1) is 20.1. The summed E-state index contributed by atoms with van der Waals surface area (Å²) in [5.74, 6) is -0.369. The minimum Gasteiger partial charge on any atom is -0.384 e. The molecule has 1 N–H and O–H groups in total. The SMILES string of the molecule is COCCC(=O)N1CCN(CC2CCCN2C(=O)CN2CCCC(NS(=O)(=O)c3cc4cc(Cl)ccc4s3)C2=O)CC1. The molecule has 11 nitrogen and oxygen atoms in total. The fourth-order valence-corrected chi connectivity index (χ4v) is 8.81. The molecular formula is C28H38ClN5O6S2. The van der Waals surface area contributed by atoms with Gasteiger partial charge >= 0.3 is 0 Å². The molecule has 4 heterocycles. The van der Waals surface area contributed by atoms with Crippen LogP contribution in [0.3, 0.4) is 0 Å². The van der Waals surface area contributed by atoms with Gasteiger partial charge < -0.3 is 19.4 Å². The van der Waals surface area contributed by atoms with Crippen LogP contribution in [0.2, 0.25) is 5.02 Å². The number of methoxy groups -OCH3 is 1. The fraction of sp³-hybridized carbons (Fsp3) is 0.607. The molecular weight excluding hydrogens is 602 g/mol. The minimum absolute atomic E-state index is 0.0588. The number of piperazine rings is 1. The van der Waals surface area contributed by atoms with Crippen molar-refractivity contribution in [2.45, 2.75) is 48.4 Å². The molecule has 1 aromatic heterocycles. The van der Waals surface area contributed by atoms with Crippen molar-refractivity contribution >= 4 is 60.8 Å². The molecule has 3 saturated heterocycles. The number of piperidine rings is 1. The van der Waals surface area contributed by atoms with Crippen molar-refractivity contribution in [1.29, 1.82) is 0 Å². The van der Waals surface area contributed by atoms with E-state index in [1.165, 1.54) is 4.90 Å². The Morgan fingerprint density at radius 1 is 1.05 bits per heavy atom. The molecule has 3 fully saturated rings. The van der Waals surface area contributed by atoms with Gasteiger partial charge in [0.15, 0.2) is 0 Å². The van der Waals surface area contributed by atoms with E-state index in [0.29, 0.717) is 57.1 Å². The average Bonchev–Trinajstić information content (AvgIpc) is 3.61. The molecule has 2 aromatic rings. The number of rotatable bonds is 10. The Morgan fingerprint density at radius 3 is 2.57 bits per heavy atom. The summed E-state index contributed by atoms with van der Waals surface area (Å²) in [5.41, 5.74) is 0. The summed E-state index contributed by atoms with van der Waals surface area (Å²) >= 11 is 7.18. The number of sulfonamides is 1. The van der Waals surface area contributed by atoms with Crippen LogP contribution in [0, 0.1) is 0 Å². The summed E-state index contributed by atoms with van der Waals surface area (Å²) < 4.78 is 34.8. The highest BCUT2D eigenvalue weighted by Crippen LogP contribution is 2.31. The average molecular weight is 640 g/mol. The number of hydrogen-bond acceptors (Lipinski definition) is 8. The third-order valence-electron chi connectivity index (χ3n) is 8.29. The predicted octanol–water partition coefficient (Wildman–Crippen LogP) is 2.00. The zero-order valence-electron chi connectivity index (χ0n) is 23.8. The summed E-state index contributed by atoms with van der Waals surface area (Å²) in [7, 11) is -2.34. The third-order valence-corrected chi connectivity index (χ3v) is 11.6. The van der Waals surface area contributed by atoms with Crippen LogP contribution in [0.1, 0.15) is 32.1 Å². The van der Waals surface area contributed by atoms with E-state index >= 15 is 0 Å². The van der Waals surface area contributed by atoms with Crippen LogP contribution in [-0.2, 0) is 29.1 Å². The number of thiophene rings is 1. The number of fused-ring (bicyclic) bond motifs is 1. The fourth-order valence-electron chi connectivity index (χ4n) is 6.01. The van der Waals surface area contributed by atoms with E-state index in [4.69, 9.17) is 16.3 Å². The number of carbonyl (C=O) groups is 3. The van der Waals surface area contributed by atoms with Gasteiger partial charge in [-0.1, -0.05) is 11.6 Å². The first kappa shape index (κ1) is 31.1. The van der Waals surface area contributed by atoms with Gasteiger partial charge in [-0.3, -0.25) is 19.3 Å². The van der Waals surface area contributed by atoms with Gasteiger partial charge in [-0.15, -0.1) is 11.3 Å². The Kier molecular flexibility index (Phi) is 10.1. The summed E-state index contributed by atoms with van der Waals surface area (Å²) in [6.45, 7) is 5.02. The van der Waals surface area contributed by atoms with Gasteiger partial charge in [0.1, 0.15) is 10.3 Å². The molecule has 3 aliphatic heterocycles. The highest BCUT2D eigenvalue weighted by Gasteiger charge is 2.37. The second kappa shape index (κ2) is 13.6. The molecule has 3 amide bonds. The minimum atomic E-state index is -3.93. The largest absolute Gasteiger partial charge is 0.384 e. The number of benzene rings is 1. The molecule has 0 aliphatic carbocycles. The quantitative estimate of drug-likeness (QED) is 0.422. The molecule has 230 valence electrons. The van der Waals surface area contributed by atoms with Crippen LogP contribution in [-0.4, -0.2) is 124 Å². The van der Waals surface area contributed by atoms with Gasteiger partial charge in [0.05, 0.1) is 19.6 Å². The van der Waals surface area contributed by atoms with Crippen molar-refractivity contribution in [1.82, 2.24) is 24.3 Å². The maximum atomic E-state index is 13.4. The van der Waals surface area contributed by atoms with Crippen LogP contribution in [0.25, 0.3) is 10.1 Å². The molecule has 0 saturated carbocycles. The third kappa shape index (κ3) is 7.25. The maximum Gasteiger partial charge on any atom is 0.250 e. The number of halogens is 1. The molecule has 1 aromatic carbocycles. The lowest BCUT2D eigenvalue weighted by Crippen LogP contribution is -2.56. The highest BCUT2D eigenvalue weighted by atomic mass is 35.5. The van der Waals surface area contributed by atoms with Crippen molar-refractivity contribution < 1.29 is 27.5 Å². The Morgan fingerprint density at radius 2 is 1.81 bits per heavy atom. The van der Waals surface area contributed by atoms with E-state index in [0.717, 1.165) is 53.9 Å². The lowest BCUT2D eigenvalue weighted by molar-refractivity contribution is -0.143. The summed E-state index contributed by atoms with van der Waals surface area (Å²) in [6, 6.07) is 5.91. The Labute approximate surface area is 255 Å². The number of nitrogens with one attached hydrogen (secondary N) is 1. The predicted molar refractivity (Wildman–Crippen MR) is 161 cm³/mol. The Balaban J connectivity index is 1.14. The van der Waals surface area contributed by atoms with Gasteiger partial charge in [-0.2, -0.15) is 4.72 Å². The molecule has 5 rings (SSSR count). The first-order valence-electron chi connectivity index (χ1n) is 14.4. The lowest BCUT2D eigenvalue weighted by atomic mass is 10.1. The van der Waals surface area contributed by atoms with Crippen molar-refractivity contribution in [2.75, 3.05) is 66.1 Å². The summed E-state index contributed by atoms with van der Waals surface area (Å²) in [5, 5.41) is 1.25. The highest BCUT2D eigenvalue weighted by molar-refractivity contribution is 7.91. The number of amides is 3. The van der Waals surface area contributed by atoms with E-state index in [1.807, 2.05) is 9.80 Å². The number of carbonyl (C=O) groups excluding carboxylic acids is 3. The molecule has 0 spiro atoms. The molecule has 14 heteroatoms. The monoisotopic (exact) mass is 639 g/mol. The van der Waals surface area contributed by atoms with Crippen molar-refractivity contribution in [2.24, 2.45) is 0 Å². The topological polar surface area (TPSA) is 120 Å². The van der Waals surface area contributed by atoms with Gasteiger partial charge in [-0.25, -0.2) is 8.42 Å². The first-order valence-corrected chi connectivity index (χ1v) is 17.1. The molecule has 0 radical (unpaired) electrons. The van der Waals surface area contributed by atoms with E-state index in [-0.39, 0.29) is 34.5 Å². The van der Waals surface area contributed by atoms with Crippen molar-refractivity contribution in [3.8, 4) is 0 Å². The molecule has 3 aliphatic rings. The molecule has 0 bridgehead atoms. The van der Waals surface area contributed by atoms with Crippen LogP contribution in [0.15, 0.2) is 28.5 Å². The molecule has 42 heavy (non-hydrogen) atoms. The van der Waals surface area contributed by atoms with E-state index in [2.05, 4.69) is 9.62 Å². The van der Waals surface area contributed by atoms with Crippen LogP contribution < -0.4 is 4.72 Å².